The van der Waals surface area contributed by atoms with Gasteiger partial charge in [-0.25, -0.2) is 10.8 Å². The topological polar surface area (TPSA) is 110 Å². The van der Waals surface area contributed by atoms with E-state index in [0.717, 1.165) is 0 Å². The molecule has 0 aliphatic heterocycles. The molecule has 5 N–H and O–H groups in total. The summed E-state index contributed by atoms with van der Waals surface area (Å²) in [5.74, 6) is 5.66. The zero-order valence-electron chi connectivity index (χ0n) is 11.0. The van der Waals surface area contributed by atoms with Crippen LogP contribution in [-0.4, -0.2) is 58.9 Å². The molecule has 0 aromatic rings. The van der Waals surface area contributed by atoms with Crippen LogP contribution in [0.1, 0.15) is 6.42 Å². The molecule has 0 spiro atoms. The van der Waals surface area contributed by atoms with Crippen LogP contribution in [0, 0.1) is 0 Å². The number of nitrogens with two attached hydrogens (primary N) is 1. The van der Waals surface area contributed by atoms with Crippen molar-refractivity contribution in [3.63, 3.8) is 0 Å². The van der Waals surface area contributed by atoms with Crippen molar-refractivity contribution in [1.29, 1.82) is 0 Å². The van der Waals surface area contributed by atoms with E-state index >= 15 is 0 Å². The molecular weight excluding hydrogens is 238 g/mol. The van der Waals surface area contributed by atoms with Gasteiger partial charge in [-0.3, -0.25) is 10.2 Å². The second kappa shape index (κ2) is 12.1. The summed E-state index contributed by atoms with van der Waals surface area (Å²) < 4.78 is 9.67. The monoisotopic (exact) mass is 261 g/mol. The molecule has 0 rings (SSSR count). The summed E-state index contributed by atoms with van der Waals surface area (Å²) in [4.78, 5) is 15.4. The second-order valence-electron chi connectivity index (χ2n) is 3.39. The van der Waals surface area contributed by atoms with Crippen molar-refractivity contribution < 1.29 is 14.3 Å². The Hall–Kier alpha value is -1.38. The van der Waals surface area contributed by atoms with Gasteiger partial charge >= 0.3 is 0 Å². The summed E-state index contributed by atoms with van der Waals surface area (Å²) in [5.41, 5.74) is 2.42. The molecule has 0 saturated carbocycles. The highest BCUT2D eigenvalue weighted by atomic mass is 16.5. The van der Waals surface area contributed by atoms with Gasteiger partial charge in [0, 0.05) is 33.7 Å². The van der Waals surface area contributed by atoms with Crippen molar-refractivity contribution >= 4 is 11.9 Å². The predicted molar refractivity (Wildman–Crippen MR) is 69.0 cm³/mol. The van der Waals surface area contributed by atoms with E-state index in [1.165, 1.54) is 0 Å². The predicted octanol–water partition coefficient (Wildman–Crippen LogP) is -1.81. The number of hydrogen-bond acceptors (Lipinski definition) is 5. The third-order valence-corrected chi connectivity index (χ3v) is 1.97. The number of carbonyl (C=O) groups excluding carboxylic acids is 1. The van der Waals surface area contributed by atoms with Gasteiger partial charge in [-0.15, -0.1) is 0 Å². The highest BCUT2D eigenvalue weighted by Crippen LogP contribution is 1.79. The van der Waals surface area contributed by atoms with Crippen LogP contribution in [0.2, 0.25) is 0 Å². The molecule has 0 fully saturated rings. The van der Waals surface area contributed by atoms with Crippen LogP contribution >= 0.6 is 0 Å². The largest absolute Gasteiger partial charge is 0.383 e. The lowest BCUT2D eigenvalue weighted by atomic mass is 10.4. The van der Waals surface area contributed by atoms with E-state index in [1.807, 2.05) is 0 Å². The average Bonchev–Trinajstić information content (AvgIpc) is 2.37. The molecule has 0 unspecified atom stereocenters. The number of amides is 1. The Morgan fingerprint density at radius 1 is 1.17 bits per heavy atom. The number of hydrazine groups is 1. The van der Waals surface area contributed by atoms with Crippen LogP contribution in [0.15, 0.2) is 4.99 Å². The van der Waals surface area contributed by atoms with E-state index < -0.39 is 0 Å². The van der Waals surface area contributed by atoms with Gasteiger partial charge in [-0.2, -0.15) is 0 Å². The van der Waals surface area contributed by atoms with E-state index in [2.05, 4.69) is 21.1 Å². The first-order valence-corrected chi connectivity index (χ1v) is 5.74. The molecule has 0 aliphatic rings. The van der Waals surface area contributed by atoms with E-state index in [0.29, 0.717) is 45.2 Å². The lowest BCUT2D eigenvalue weighted by molar-refractivity contribution is -0.121. The molecular formula is C10H23N5O3. The Balaban J connectivity index is 3.66. The maximum Gasteiger partial charge on any atom is 0.221 e. The van der Waals surface area contributed by atoms with Gasteiger partial charge < -0.3 is 20.1 Å². The zero-order chi connectivity index (χ0) is 13.6. The van der Waals surface area contributed by atoms with Crippen LogP contribution < -0.4 is 21.9 Å². The molecule has 0 heterocycles. The third-order valence-electron chi connectivity index (χ3n) is 1.97. The van der Waals surface area contributed by atoms with Crippen LogP contribution in [0.4, 0.5) is 0 Å². The summed E-state index contributed by atoms with van der Waals surface area (Å²) >= 11 is 0. The normalized spacial score (nSPS) is 11.2. The van der Waals surface area contributed by atoms with E-state index in [9.17, 15) is 4.79 Å². The Morgan fingerprint density at radius 2 is 1.89 bits per heavy atom. The van der Waals surface area contributed by atoms with Crippen LogP contribution in [-0.2, 0) is 14.3 Å². The first kappa shape index (κ1) is 16.6. The molecule has 8 nitrogen and oxygen atoms in total. The molecule has 1 amide bonds. The fourth-order valence-corrected chi connectivity index (χ4v) is 1.08. The lowest BCUT2D eigenvalue weighted by Gasteiger charge is -2.09. The van der Waals surface area contributed by atoms with Gasteiger partial charge in [0.25, 0.3) is 0 Å². The van der Waals surface area contributed by atoms with Crippen molar-refractivity contribution in [3.05, 3.63) is 0 Å². The summed E-state index contributed by atoms with van der Waals surface area (Å²) in [6, 6.07) is 0. The molecule has 0 aromatic carbocycles. The Labute approximate surface area is 107 Å². The number of carbonyl (C=O) groups is 1. The number of ether oxygens (including phenoxy) is 2. The minimum atomic E-state index is -0.0483. The maximum atomic E-state index is 11.3. The number of guanidine groups is 1. The molecule has 0 aliphatic carbocycles. The van der Waals surface area contributed by atoms with Crippen LogP contribution in [0.25, 0.3) is 0 Å². The Bertz CT molecular complexity index is 248. The third kappa shape index (κ3) is 9.82. The van der Waals surface area contributed by atoms with Crippen molar-refractivity contribution in [3.8, 4) is 0 Å². The highest BCUT2D eigenvalue weighted by Gasteiger charge is 2.01. The van der Waals surface area contributed by atoms with E-state index in [-0.39, 0.29) is 5.91 Å². The summed E-state index contributed by atoms with van der Waals surface area (Å²) in [6.45, 7) is 2.49. The fraction of sp³-hybridized carbons (Fsp3) is 0.800. The molecule has 0 atom stereocenters. The van der Waals surface area contributed by atoms with Gasteiger partial charge in [0.1, 0.15) is 0 Å². The number of rotatable bonds is 9. The maximum absolute atomic E-state index is 11.3. The lowest BCUT2D eigenvalue weighted by Crippen LogP contribution is -2.43. The van der Waals surface area contributed by atoms with Gasteiger partial charge in [0.05, 0.1) is 19.8 Å². The molecule has 0 aromatic heterocycles. The van der Waals surface area contributed by atoms with E-state index in [1.54, 1.807) is 14.2 Å². The van der Waals surface area contributed by atoms with Crippen molar-refractivity contribution in [2.75, 3.05) is 47.1 Å². The van der Waals surface area contributed by atoms with Gasteiger partial charge in [-0.05, 0) is 0 Å². The first-order valence-electron chi connectivity index (χ1n) is 5.74. The first-order chi connectivity index (χ1) is 8.74. The summed E-state index contributed by atoms with van der Waals surface area (Å²) in [6.07, 6.45) is 0.342. The van der Waals surface area contributed by atoms with Crippen molar-refractivity contribution in [2.24, 2.45) is 10.8 Å². The SMILES string of the molecule is COCCN=C(NN)NCCC(=O)NCCOC. The molecule has 0 saturated heterocycles. The minimum absolute atomic E-state index is 0.0483. The molecule has 106 valence electrons. The summed E-state index contributed by atoms with van der Waals surface area (Å²) in [7, 11) is 3.19. The van der Waals surface area contributed by atoms with Gasteiger partial charge in [0.2, 0.25) is 11.9 Å². The zero-order valence-corrected chi connectivity index (χ0v) is 11.0. The van der Waals surface area contributed by atoms with E-state index in [4.69, 9.17) is 15.3 Å². The quantitative estimate of drug-likeness (QED) is 0.128. The van der Waals surface area contributed by atoms with Crippen LogP contribution in [0.3, 0.4) is 0 Å². The number of methoxy groups -OCH3 is 2. The Kier molecular flexibility index (Phi) is 11.2. The molecule has 0 radical (unpaired) electrons. The molecule has 18 heavy (non-hydrogen) atoms. The molecule has 8 heteroatoms. The molecule has 0 bridgehead atoms. The van der Waals surface area contributed by atoms with Crippen molar-refractivity contribution in [1.82, 2.24) is 16.1 Å². The second-order valence-corrected chi connectivity index (χ2v) is 3.39. The number of aliphatic imine (C=N–C) groups is 1. The smallest absolute Gasteiger partial charge is 0.221 e. The fourth-order valence-electron chi connectivity index (χ4n) is 1.08. The highest BCUT2D eigenvalue weighted by molar-refractivity contribution is 5.80. The van der Waals surface area contributed by atoms with Gasteiger partial charge in [0.15, 0.2) is 0 Å². The Morgan fingerprint density at radius 3 is 2.50 bits per heavy atom. The standard InChI is InChI=1S/C10H23N5O3/c1-17-7-5-12-9(16)3-4-13-10(15-11)14-6-8-18-2/h3-8,11H2,1-2H3,(H,12,16)(H2,13,14,15). The van der Waals surface area contributed by atoms with Crippen molar-refractivity contribution in [2.45, 2.75) is 6.42 Å². The van der Waals surface area contributed by atoms with Crippen LogP contribution in [0.5, 0.6) is 0 Å². The average molecular weight is 261 g/mol. The van der Waals surface area contributed by atoms with Gasteiger partial charge in [-0.1, -0.05) is 0 Å². The number of hydrogen-bond donors (Lipinski definition) is 4. The number of nitrogens with zero attached hydrogens (tertiary/aromatic N) is 1. The number of nitrogens with one attached hydrogen (secondary N) is 3. The summed E-state index contributed by atoms with van der Waals surface area (Å²) in [5, 5.41) is 5.63. The minimum Gasteiger partial charge on any atom is -0.383 e.